The molecule has 5 nitrogen and oxygen atoms in total. The van der Waals surface area contributed by atoms with E-state index in [4.69, 9.17) is 11.0 Å². The molecule has 1 aromatic rings. The molecule has 0 amide bonds. The summed E-state index contributed by atoms with van der Waals surface area (Å²) in [6.45, 7) is 36.0. The van der Waals surface area contributed by atoms with Crippen molar-refractivity contribution in [2.75, 3.05) is 31.8 Å². The molecule has 0 spiro atoms. The Kier molecular flexibility index (Phi) is 81.7. The van der Waals surface area contributed by atoms with Gasteiger partial charge in [0.05, 0.1) is 12.4 Å². The van der Waals surface area contributed by atoms with E-state index in [0.717, 1.165) is 41.3 Å². The zero-order valence-electron chi connectivity index (χ0n) is 53.1. The quantitative estimate of drug-likeness (QED) is 0.0115. The van der Waals surface area contributed by atoms with Gasteiger partial charge in [0.25, 0.3) is 0 Å². The second kappa shape index (κ2) is 73.4. The molecule has 1 aliphatic rings. The summed E-state index contributed by atoms with van der Waals surface area (Å²) in [5.74, 6) is 4.67. The van der Waals surface area contributed by atoms with Gasteiger partial charge in [-0.25, -0.2) is 0 Å². The number of rotatable bonds is 36. The summed E-state index contributed by atoms with van der Waals surface area (Å²) < 4.78 is 0. The highest BCUT2D eigenvalue weighted by Crippen LogP contribution is 2.38. The molecule has 0 aliphatic heterocycles. The molecule has 3 atom stereocenters. The van der Waals surface area contributed by atoms with Gasteiger partial charge in [-0.15, -0.1) is 18.2 Å². The molecule has 5 N–H and O–H groups in total. The van der Waals surface area contributed by atoms with E-state index in [-0.39, 0.29) is 7.70 Å². The van der Waals surface area contributed by atoms with Gasteiger partial charge >= 0.3 is 0 Å². The van der Waals surface area contributed by atoms with E-state index in [2.05, 4.69) is 146 Å². The second-order valence-corrected chi connectivity index (χ2v) is 23.4. The zero-order chi connectivity index (χ0) is 59.6. The number of unbranched alkanes of at least 4 members (excludes halogenated alkanes) is 17. The first-order valence-corrected chi connectivity index (χ1v) is 33.6. The molecule has 0 bridgehead atoms. The van der Waals surface area contributed by atoms with E-state index < -0.39 is 0 Å². The fraction of sp³-hybridized carbons (Fsp3) is 0.696. The third-order valence-electron chi connectivity index (χ3n) is 13.4. The molecule has 1 saturated carbocycles. The van der Waals surface area contributed by atoms with Gasteiger partial charge < -0.3 is 16.5 Å². The second-order valence-electron chi connectivity index (χ2n) is 20.7. The van der Waals surface area contributed by atoms with Crippen molar-refractivity contribution in [3.63, 3.8) is 0 Å². The van der Waals surface area contributed by atoms with Gasteiger partial charge in [-0.3, -0.25) is 0 Å². The lowest BCUT2D eigenvalue weighted by Gasteiger charge is -2.11. The van der Waals surface area contributed by atoms with E-state index in [1.165, 1.54) is 217 Å². The molecule has 0 aromatic heterocycles. The van der Waals surface area contributed by atoms with Crippen LogP contribution in [0.3, 0.4) is 0 Å². The zero-order valence-corrected chi connectivity index (χ0v) is 55.8. The average molecular weight is 1130 g/mol. The van der Waals surface area contributed by atoms with Crippen LogP contribution in [-0.2, 0) is 0 Å². The maximum atomic E-state index is 7.32. The van der Waals surface area contributed by atoms with Gasteiger partial charge in [0.1, 0.15) is 6.16 Å². The fourth-order valence-electron chi connectivity index (χ4n) is 8.14. The smallest absolute Gasteiger partial charge is 0.174 e. The SMILES string of the molecule is C=C(CC)CCCCCCCCCCCS.C=C(N)/C(C)=C/C=C(\C)C1CCC(CC[P+](=C)NC(C)C)C1.C=CCCC(CC)CC.C=CCCCCCCCCCCCS.CC#N.CC=NC.CN.Cc1ccccc1. The molecular formula is C69H131N5PS2+. The molecule has 1 fully saturated rings. The lowest BCUT2D eigenvalue weighted by molar-refractivity contribution is 0.460. The molecule has 3 unspecified atom stereocenters. The molecule has 0 radical (unpaired) electrons. The highest BCUT2D eigenvalue weighted by Gasteiger charge is 2.26. The molecule has 1 aromatic carbocycles. The molecule has 8 heteroatoms. The molecular weight excluding hydrogens is 994 g/mol. The number of thiol groups is 2. The lowest BCUT2D eigenvalue weighted by Crippen LogP contribution is -2.15. The molecule has 448 valence electrons. The summed E-state index contributed by atoms with van der Waals surface area (Å²) >= 11 is 8.42. The van der Waals surface area contributed by atoms with E-state index in [1.807, 2.05) is 44.2 Å². The van der Waals surface area contributed by atoms with Gasteiger partial charge in [0.15, 0.2) is 7.70 Å². The summed E-state index contributed by atoms with van der Waals surface area (Å²) in [5, 5.41) is 10.9. The summed E-state index contributed by atoms with van der Waals surface area (Å²) in [7, 11) is 3.01. The summed E-state index contributed by atoms with van der Waals surface area (Å²) in [6, 6.07) is 12.6. The van der Waals surface area contributed by atoms with Gasteiger partial charge in [-0.05, 0) is 173 Å². The third kappa shape index (κ3) is 75.5. The monoisotopic (exact) mass is 1120 g/mol. The Balaban J connectivity index is -0.000000204. The highest BCUT2D eigenvalue weighted by atomic mass is 32.1. The third-order valence-corrected chi connectivity index (χ3v) is 15.7. The van der Waals surface area contributed by atoms with Crippen molar-refractivity contribution in [3.05, 3.63) is 109 Å². The fourth-order valence-corrected chi connectivity index (χ4v) is 10.1. The predicted octanol–water partition coefficient (Wildman–Crippen LogP) is 22.0. The first kappa shape index (κ1) is 85.7. The van der Waals surface area contributed by atoms with Crippen molar-refractivity contribution in [3.8, 4) is 6.07 Å². The predicted molar refractivity (Wildman–Crippen MR) is 369 cm³/mol. The van der Waals surface area contributed by atoms with Gasteiger partial charge in [0.2, 0.25) is 0 Å². The minimum atomic E-state index is -0.236. The van der Waals surface area contributed by atoms with Crippen LogP contribution in [0.1, 0.15) is 254 Å². The molecule has 0 saturated heterocycles. The number of allylic oxidation sites excluding steroid dienone is 7. The van der Waals surface area contributed by atoms with Crippen LogP contribution in [0.2, 0.25) is 0 Å². The van der Waals surface area contributed by atoms with Crippen LogP contribution in [0.25, 0.3) is 0 Å². The maximum absolute atomic E-state index is 7.32. The topological polar surface area (TPSA) is 100 Å². The van der Waals surface area contributed by atoms with Crippen molar-refractivity contribution < 1.29 is 0 Å². The number of nitriles is 1. The Labute approximate surface area is 495 Å². The normalized spacial score (nSPS) is 13.6. The Morgan fingerprint density at radius 1 is 0.779 bits per heavy atom. The Morgan fingerprint density at radius 3 is 1.58 bits per heavy atom. The first-order valence-electron chi connectivity index (χ1n) is 30.6. The van der Waals surface area contributed by atoms with Crippen LogP contribution in [0.5, 0.6) is 0 Å². The van der Waals surface area contributed by atoms with Gasteiger partial charge in [0, 0.05) is 25.7 Å². The summed E-state index contributed by atoms with van der Waals surface area (Å²) in [6.07, 6.45) is 54.8. The minimum absolute atomic E-state index is 0.236. The van der Waals surface area contributed by atoms with Crippen molar-refractivity contribution >= 4 is 45.5 Å². The molecule has 0 heterocycles. The Morgan fingerprint density at radius 2 is 1.22 bits per heavy atom. The minimum Gasteiger partial charge on any atom is -0.399 e. The van der Waals surface area contributed by atoms with Crippen molar-refractivity contribution in [1.29, 1.82) is 5.26 Å². The van der Waals surface area contributed by atoms with Crippen molar-refractivity contribution in [2.45, 2.75) is 261 Å². The average Bonchev–Trinajstić information content (AvgIpc) is 3.92. The van der Waals surface area contributed by atoms with E-state index in [0.29, 0.717) is 11.7 Å². The molecule has 1 aliphatic carbocycles. The first-order chi connectivity index (χ1) is 37.1. The van der Waals surface area contributed by atoms with Crippen LogP contribution in [0, 0.1) is 36.0 Å². The van der Waals surface area contributed by atoms with Gasteiger partial charge in [-0.2, -0.15) is 30.5 Å². The number of nitrogens with zero attached hydrogens (tertiary/aromatic N) is 2. The number of aryl methyl sites for hydroxylation is 1. The van der Waals surface area contributed by atoms with E-state index in [1.54, 1.807) is 19.3 Å². The van der Waals surface area contributed by atoms with Gasteiger partial charge in [-0.1, -0.05) is 208 Å². The number of nitrogens with two attached hydrogens (primary N) is 2. The van der Waals surface area contributed by atoms with E-state index in [9.17, 15) is 0 Å². The van der Waals surface area contributed by atoms with Crippen LogP contribution in [-0.4, -0.2) is 50.3 Å². The Bertz CT molecular complexity index is 1540. The molecule has 77 heavy (non-hydrogen) atoms. The van der Waals surface area contributed by atoms with Crippen LogP contribution in [0.15, 0.2) is 108 Å². The van der Waals surface area contributed by atoms with E-state index >= 15 is 0 Å². The standard InChI is InChI=1S/C19H34N2P.C15H30S.C13H26S.C9H18.C7H8.C3H7N.C2H3N.CH5N/c1-14(2)21-22(6)12-11-18-9-10-19(13-18)16(4)8-7-15(3)17(5)20;1-3-15(2)13-11-9-7-5-4-6-8-10-12-14-16;1-2-3-4-5-6-7-8-9-10-11-12-13-14;1-4-7-8-9(5-2)6-3;1-7-5-3-2-4-6-7;1-3-4-2;1-2-3;1-2/h7-8,14,18-19,21H,5-6,9-13,20H2,1-4H3;16H,2-14H2,1H3;2,14H,1,3-13H2;4,9H,1,5-8H2,2-3H3;2-6H,1H3;3H,1-2H3;1H3;2H2,1H3/q+1;;;;;;;/b15-7+,16-8+;;;;;;;. The number of hydrogen-bond donors (Lipinski definition) is 5. The van der Waals surface area contributed by atoms with Crippen LogP contribution in [0.4, 0.5) is 0 Å². The molecule has 2 rings (SSSR count). The summed E-state index contributed by atoms with van der Waals surface area (Å²) in [4.78, 5) is 3.61. The van der Waals surface area contributed by atoms with Crippen molar-refractivity contribution in [1.82, 2.24) is 5.09 Å². The van der Waals surface area contributed by atoms with Crippen LogP contribution < -0.4 is 16.6 Å². The number of nitrogens with one attached hydrogen (secondary N) is 1. The van der Waals surface area contributed by atoms with Crippen LogP contribution >= 0.6 is 33.0 Å². The lowest BCUT2D eigenvalue weighted by atomic mass is 9.96. The van der Waals surface area contributed by atoms with Crippen molar-refractivity contribution in [2.24, 2.45) is 34.2 Å². The number of benzene rings is 1. The number of aliphatic imine (C=N–C) groups is 1. The summed E-state index contributed by atoms with van der Waals surface area (Å²) in [5.41, 5.74) is 16.2. The maximum Gasteiger partial charge on any atom is 0.174 e. The largest absolute Gasteiger partial charge is 0.399 e. The highest BCUT2D eigenvalue weighted by molar-refractivity contribution is 7.80. The number of hydrogen-bond acceptors (Lipinski definition) is 7. The Hall–Kier alpha value is -2.59.